The van der Waals surface area contributed by atoms with E-state index in [-0.39, 0.29) is 29.6 Å². The van der Waals surface area contributed by atoms with Gasteiger partial charge >= 0.3 is 17.9 Å². The van der Waals surface area contributed by atoms with E-state index in [9.17, 15) is 29.4 Å². The van der Waals surface area contributed by atoms with Crippen molar-refractivity contribution < 1.29 is 34.1 Å². The van der Waals surface area contributed by atoms with Crippen LogP contribution in [0.15, 0.2) is 29.1 Å². The zero-order valence-electron chi connectivity index (χ0n) is 15.0. The Bertz CT molecular complexity index is 976. The van der Waals surface area contributed by atoms with Gasteiger partial charge in [-0.15, -0.1) is 0 Å². The maximum Gasteiger partial charge on any atom is 0.344 e. The van der Waals surface area contributed by atoms with Crippen LogP contribution in [0, 0.1) is 0 Å². The first-order valence-electron chi connectivity index (χ1n) is 8.06. The Balaban J connectivity index is 2.43. The first-order chi connectivity index (χ1) is 13.1. The summed E-state index contributed by atoms with van der Waals surface area (Å²) >= 11 is 0. The highest BCUT2D eigenvalue weighted by Gasteiger charge is 2.26. The third-order valence-electron chi connectivity index (χ3n) is 3.54. The van der Waals surface area contributed by atoms with E-state index in [0.29, 0.717) is 0 Å². The number of anilines is 1. The van der Waals surface area contributed by atoms with Gasteiger partial charge in [-0.25, -0.2) is 14.4 Å². The van der Waals surface area contributed by atoms with E-state index in [0.717, 1.165) is 0 Å². The van der Waals surface area contributed by atoms with Crippen LogP contribution < -0.4 is 16.0 Å². The number of esters is 1. The van der Waals surface area contributed by atoms with Gasteiger partial charge in [0.25, 0.3) is 5.56 Å². The molecule has 0 amide bonds. The van der Waals surface area contributed by atoms with Gasteiger partial charge in [0.05, 0.1) is 6.10 Å². The number of carbonyl (C=O) groups is 3. The zero-order valence-corrected chi connectivity index (χ0v) is 15.0. The van der Waals surface area contributed by atoms with Gasteiger partial charge in [0.1, 0.15) is 22.7 Å². The molecule has 1 aromatic heterocycles. The average molecular weight is 390 g/mol. The number of aromatic nitrogens is 1. The smallest absolute Gasteiger partial charge is 0.344 e. The van der Waals surface area contributed by atoms with Crippen LogP contribution in [-0.2, 0) is 9.53 Å². The molecule has 28 heavy (non-hydrogen) atoms. The van der Waals surface area contributed by atoms with E-state index < -0.39 is 40.4 Å². The number of nitrogens with one attached hydrogen (secondary N) is 1. The molecule has 1 heterocycles. The van der Waals surface area contributed by atoms with E-state index in [1.54, 1.807) is 13.8 Å². The molecule has 0 atom stereocenters. The number of H-pyrrole nitrogens is 1. The van der Waals surface area contributed by atoms with Crippen LogP contribution in [0.1, 0.15) is 34.6 Å². The summed E-state index contributed by atoms with van der Waals surface area (Å²) in [7, 11) is 0. The van der Waals surface area contributed by atoms with Gasteiger partial charge < -0.3 is 30.4 Å². The second-order valence-corrected chi connectivity index (χ2v) is 5.95. The van der Waals surface area contributed by atoms with Crippen molar-refractivity contribution in [3.05, 3.63) is 45.7 Å². The van der Waals surface area contributed by atoms with Gasteiger partial charge in [-0.3, -0.25) is 4.79 Å². The molecule has 2 aromatic rings. The Hall–Kier alpha value is -3.82. The monoisotopic (exact) mass is 390 g/mol. The lowest BCUT2D eigenvalue weighted by Gasteiger charge is -2.13. The Morgan fingerprint density at radius 1 is 1.07 bits per heavy atom. The number of aromatic amines is 1. The molecule has 0 bridgehead atoms. The fraction of sp³-hybridized carbons (Fsp3) is 0.222. The molecule has 10 nitrogen and oxygen atoms in total. The minimum atomic E-state index is -1.60. The van der Waals surface area contributed by atoms with Crippen molar-refractivity contribution in [2.45, 2.75) is 20.0 Å². The summed E-state index contributed by atoms with van der Waals surface area (Å²) in [6.45, 7) is 3.05. The fourth-order valence-electron chi connectivity index (χ4n) is 2.49. The zero-order chi connectivity index (χ0) is 21.0. The van der Waals surface area contributed by atoms with E-state index in [1.807, 2.05) is 4.98 Å². The minimum absolute atomic E-state index is 0.129. The van der Waals surface area contributed by atoms with Gasteiger partial charge in [-0.05, 0) is 31.5 Å². The predicted octanol–water partition coefficient (Wildman–Crippen LogP) is 1.35. The van der Waals surface area contributed by atoms with Crippen molar-refractivity contribution in [3.63, 3.8) is 0 Å². The number of carbonyl (C=O) groups excluding carboxylic acids is 1. The molecule has 148 valence electrons. The predicted molar refractivity (Wildman–Crippen MR) is 97.6 cm³/mol. The number of hydrogen-bond donors (Lipinski definition) is 4. The number of carboxylic acids is 2. The summed E-state index contributed by atoms with van der Waals surface area (Å²) < 4.78 is 10.2. The molecule has 0 saturated heterocycles. The van der Waals surface area contributed by atoms with E-state index in [1.165, 1.54) is 24.3 Å². The molecule has 10 heteroatoms. The number of aromatic carboxylic acids is 2. The number of rotatable bonds is 7. The lowest BCUT2D eigenvalue weighted by molar-refractivity contribution is -0.149. The largest absolute Gasteiger partial charge is 0.482 e. The maximum atomic E-state index is 12.0. The van der Waals surface area contributed by atoms with Gasteiger partial charge in [0.15, 0.2) is 6.61 Å². The Kier molecular flexibility index (Phi) is 6.04. The molecule has 0 radical (unpaired) electrons. The van der Waals surface area contributed by atoms with Crippen LogP contribution >= 0.6 is 0 Å². The van der Waals surface area contributed by atoms with Crippen LogP contribution in [0.2, 0.25) is 0 Å². The number of pyridine rings is 1. The Morgan fingerprint density at radius 2 is 1.64 bits per heavy atom. The number of benzene rings is 1. The number of hydrogen-bond acceptors (Lipinski definition) is 7. The minimum Gasteiger partial charge on any atom is -0.482 e. The Morgan fingerprint density at radius 3 is 2.14 bits per heavy atom. The normalized spacial score (nSPS) is 10.5. The molecule has 0 spiro atoms. The highest BCUT2D eigenvalue weighted by molar-refractivity contribution is 6.07. The first kappa shape index (κ1) is 20.5. The van der Waals surface area contributed by atoms with Gasteiger partial charge in [-0.2, -0.15) is 0 Å². The summed E-state index contributed by atoms with van der Waals surface area (Å²) in [6.07, 6.45) is -0.288. The van der Waals surface area contributed by atoms with Crippen molar-refractivity contribution >= 4 is 23.7 Å². The SMILES string of the molecule is CC(C)OC(=O)COc1ccc(-c2c(C(=O)O)c(N)[nH]c(=O)c2C(=O)O)cc1. The van der Waals surface area contributed by atoms with Crippen molar-refractivity contribution in [1.29, 1.82) is 0 Å². The highest BCUT2D eigenvalue weighted by atomic mass is 16.6. The summed E-state index contributed by atoms with van der Waals surface area (Å²) in [5.41, 5.74) is 3.07. The van der Waals surface area contributed by atoms with Crippen molar-refractivity contribution in [2.24, 2.45) is 0 Å². The molecule has 0 aliphatic heterocycles. The maximum absolute atomic E-state index is 12.0. The molecular weight excluding hydrogens is 372 g/mol. The van der Waals surface area contributed by atoms with Crippen LogP contribution in [-0.4, -0.2) is 45.8 Å². The van der Waals surface area contributed by atoms with Crippen LogP contribution in [0.4, 0.5) is 5.82 Å². The summed E-state index contributed by atoms with van der Waals surface area (Å²) in [4.78, 5) is 48.6. The molecule has 0 aliphatic carbocycles. The quantitative estimate of drug-likeness (QED) is 0.510. The molecular formula is C18H18N2O8. The first-order valence-corrected chi connectivity index (χ1v) is 8.06. The van der Waals surface area contributed by atoms with Crippen LogP contribution in [0.25, 0.3) is 11.1 Å². The van der Waals surface area contributed by atoms with Gasteiger partial charge in [0, 0.05) is 5.56 Å². The number of carboxylic acid groups (broad SMARTS) is 2. The lowest BCUT2D eigenvalue weighted by Crippen LogP contribution is -2.24. The van der Waals surface area contributed by atoms with Crippen molar-refractivity contribution in [1.82, 2.24) is 4.98 Å². The third kappa shape index (κ3) is 4.47. The van der Waals surface area contributed by atoms with Crippen molar-refractivity contribution in [3.8, 4) is 16.9 Å². The second-order valence-electron chi connectivity index (χ2n) is 5.95. The molecule has 0 fully saturated rings. The molecule has 0 unspecified atom stereocenters. The topological polar surface area (TPSA) is 169 Å². The third-order valence-corrected chi connectivity index (χ3v) is 3.54. The average Bonchev–Trinajstić information content (AvgIpc) is 2.58. The molecule has 0 aliphatic rings. The number of nitrogen functional groups attached to an aromatic ring is 1. The summed E-state index contributed by atoms with van der Waals surface area (Å²) in [5.74, 6) is -3.87. The van der Waals surface area contributed by atoms with E-state index >= 15 is 0 Å². The van der Waals surface area contributed by atoms with Crippen LogP contribution in [0.5, 0.6) is 5.75 Å². The van der Waals surface area contributed by atoms with Gasteiger partial charge in [-0.1, -0.05) is 12.1 Å². The van der Waals surface area contributed by atoms with E-state index in [2.05, 4.69) is 0 Å². The number of nitrogens with two attached hydrogens (primary N) is 1. The summed E-state index contributed by atoms with van der Waals surface area (Å²) in [6, 6.07) is 5.51. The summed E-state index contributed by atoms with van der Waals surface area (Å²) in [5, 5.41) is 18.8. The Labute approximate surface area is 158 Å². The lowest BCUT2D eigenvalue weighted by atomic mass is 9.95. The molecule has 1 aromatic carbocycles. The highest BCUT2D eigenvalue weighted by Crippen LogP contribution is 2.30. The second kappa shape index (κ2) is 8.25. The van der Waals surface area contributed by atoms with Crippen molar-refractivity contribution in [2.75, 3.05) is 12.3 Å². The molecule has 0 saturated carbocycles. The fourth-order valence-corrected chi connectivity index (χ4v) is 2.49. The van der Waals surface area contributed by atoms with E-state index in [4.69, 9.17) is 15.2 Å². The standard InChI is InChI=1S/C18H18N2O8/c1-8(2)28-11(21)7-27-10-5-3-9(4-6-10)12-13(17(23)24)15(19)20-16(22)14(12)18(25)26/h3-6,8H,7H2,1-2H3,(H,23,24)(H,25,26)(H3,19,20,22). The number of ether oxygens (including phenoxy) is 2. The molecule has 2 rings (SSSR count). The van der Waals surface area contributed by atoms with Gasteiger partial charge in [0.2, 0.25) is 0 Å². The molecule has 5 N–H and O–H groups in total. The van der Waals surface area contributed by atoms with Crippen LogP contribution in [0.3, 0.4) is 0 Å².